The highest BCUT2D eigenvalue weighted by molar-refractivity contribution is 5.66. The first-order chi connectivity index (χ1) is 12.3. The molecular formula is C19H17N5O. The van der Waals surface area contributed by atoms with E-state index in [1.165, 1.54) is 0 Å². The second-order valence-corrected chi connectivity index (χ2v) is 6.51. The lowest BCUT2D eigenvalue weighted by molar-refractivity contribution is 0.507. The van der Waals surface area contributed by atoms with Gasteiger partial charge in [-0.1, -0.05) is 6.07 Å². The lowest BCUT2D eigenvalue weighted by atomic mass is 9.95. The van der Waals surface area contributed by atoms with E-state index in [1.807, 2.05) is 31.7 Å². The molecule has 0 unspecified atom stereocenters. The Hall–Kier alpha value is -3.15. The number of furan rings is 1. The molecule has 1 saturated heterocycles. The molecule has 0 radical (unpaired) electrons. The Labute approximate surface area is 144 Å². The van der Waals surface area contributed by atoms with Gasteiger partial charge >= 0.3 is 0 Å². The standard InChI is InChI=1S/C19H17N5O/c1-13-6-20-19(21-7-13)23-9-16(10-23)18-17-3-2-14(8-24(17)12-22-18)15-4-5-25-11-15/h2-8,11-12,16H,9-10H2,1H3. The molecule has 1 aliphatic rings. The summed E-state index contributed by atoms with van der Waals surface area (Å²) >= 11 is 0. The van der Waals surface area contributed by atoms with E-state index >= 15 is 0 Å². The number of imidazole rings is 1. The number of aryl methyl sites for hydroxylation is 1. The quantitative estimate of drug-likeness (QED) is 0.576. The van der Waals surface area contributed by atoms with E-state index in [9.17, 15) is 0 Å². The molecule has 0 aliphatic carbocycles. The lowest BCUT2D eigenvalue weighted by Gasteiger charge is -2.38. The van der Waals surface area contributed by atoms with Crippen molar-refractivity contribution in [3.63, 3.8) is 0 Å². The molecule has 4 aromatic rings. The second kappa shape index (κ2) is 5.44. The molecule has 25 heavy (non-hydrogen) atoms. The van der Waals surface area contributed by atoms with Gasteiger partial charge in [-0.25, -0.2) is 15.0 Å². The summed E-state index contributed by atoms with van der Waals surface area (Å²) in [7, 11) is 0. The van der Waals surface area contributed by atoms with Crippen molar-refractivity contribution in [2.24, 2.45) is 0 Å². The summed E-state index contributed by atoms with van der Waals surface area (Å²) in [6.07, 6.45) is 11.1. The smallest absolute Gasteiger partial charge is 0.225 e. The molecule has 0 spiro atoms. The highest BCUT2D eigenvalue weighted by atomic mass is 16.3. The molecule has 0 bridgehead atoms. The number of nitrogens with zero attached hydrogens (tertiary/aromatic N) is 5. The first-order valence-electron chi connectivity index (χ1n) is 8.31. The zero-order valence-corrected chi connectivity index (χ0v) is 13.8. The minimum absolute atomic E-state index is 0.412. The van der Waals surface area contributed by atoms with Gasteiger partial charge in [0.2, 0.25) is 5.95 Å². The maximum absolute atomic E-state index is 5.17. The lowest BCUT2D eigenvalue weighted by Crippen LogP contribution is -2.46. The molecule has 6 nitrogen and oxygen atoms in total. The molecular weight excluding hydrogens is 314 g/mol. The van der Waals surface area contributed by atoms with E-state index in [0.717, 1.165) is 46.9 Å². The van der Waals surface area contributed by atoms with Crippen molar-refractivity contribution in [2.45, 2.75) is 12.8 Å². The van der Waals surface area contributed by atoms with Crippen LogP contribution in [0.2, 0.25) is 0 Å². The van der Waals surface area contributed by atoms with Gasteiger partial charge in [0.25, 0.3) is 0 Å². The van der Waals surface area contributed by atoms with Gasteiger partial charge in [0.1, 0.15) is 0 Å². The Bertz CT molecular complexity index is 1010. The summed E-state index contributed by atoms with van der Waals surface area (Å²) < 4.78 is 7.26. The van der Waals surface area contributed by atoms with Gasteiger partial charge in [0.05, 0.1) is 30.1 Å². The van der Waals surface area contributed by atoms with Crippen LogP contribution in [0.15, 0.2) is 60.1 Å². The van der Waals surface area contributed by atoms with Crippen LogP contribution in [-0.4, -0.2) is 32.4 Å². The van der Waals surface area contributed by atoms with Gasteiger partial charge in [0.15, 0.2) is 0 Å². The Morgan fingerprint density at radius 2 is 1.88 bits per heavy atom. The molecule has 1 fully saturated rings. The Morgan fingerprint density at radius 3 is 2.64 bits per heavy atom. The van der Waals surface area contributed by atoms with Gasteiger partial charge in [-0.3, -0.25) is 0 Å². The largest absolute Gasteiger partial charge is 0.472 e. The number of pyridine rings is 1. The molecule has 0 saturated carbocycles. The fourth-order valence-corrected chi connectivity index (χ4v) is 3.30. The number of hydrogen-bond acceptors (Lipinski definition) is 5. The number of aromatic nitrogens is 4. The first-order valence-corrected chi connectivity index (χ1v) is 8.31. The number of fused-ring (bicyclic) bond motifs is 1. The summed E-state index contributed by atoms with van der Waals surface area (Å²) in [6.45, 7) is 3.80. The number of anilines is 1. The van der Waals surface area contributed by atoms with Gasteiger partial charge in [-0.2, -0.15) is 0 Å². The zero-order valence-electron chi connectivity index (χ0n) is 13.8. The van der Waals surface area contributed by atoms with E-state index in [-0.39, 0.29) is 0 Å². The third kappa shape index (κ3) is 2.38. The van der Waals surface area contributed by atoms with E-state index in [1.54, 1.807) is 12.5 Å². The van der Waals surface area contributed by atoms with Crippen LogP contribution >= 0.6 is 0 Å². The summed E-state index contributed by atoms with van der Waals surface area (Å²) in [6, 6.07) is 6.21. The second-order valence-electron chi connectivity index (χ2n) is 6.51. The van der Waals surface area contributed by atoms with Crippen molar-refractivity contribution in [1.29, 1.82) is 0 Å². The Balaban J connectivity index is 1.38. The van der Waals surface area contributed by atoms with Gasteiger partial charge in [-0.05, 0) is 24.6 Å². The van der Waals surface area contributed by atoms with E-state index in [4.69, 9.17) is 4.42 Å². The van der Waals surface area contributed by atoms with Crippen LogP contribution in [0.1, 0.15) is 17.2 Å². The van der Waals surface area contributed by atoms with Crippen LogP contribution in [0, 0.1) is 6.92 Å². The van der Waals surface area contributed by atoms with Crippen molar-refractivity contribution >= 4 is 11.5 Å². The number of hydrogen-bond donors (Lipinski definition) is 0. The molecule has 0 N–H and O–H groups in total. The SMILES string of the molecule is Cc1cnc(N2CC(c3ncn4cc(-c5ccoc5)ccc34)C2)nc1. The third-order valence-electron chi connectivity index (χ3n) is 4.73. The van der Waals surface area contributed by atoms with Crippen LogP contribution < -0.4 is 4.90 Å². The van der Waals surface area contributed by atoms with Crippen LogP contribution in [0.25, 0.3) is 16.6 Å². The zero-order chi connectivity index (χ0) is 16.8. The fourth-order valence-electron chi connectivity index (χ4n) is 3.30. The van der Waals surface area contributed by atoms with E-state index < -0.39 is 0 Å². The minimum Gasteiger partial charge on any atom is -0.472 e. The average molecular weight is 331 g/mol. The summed E-state index contributed by atoms with van der Waals surface area (Å²) in [5, 5.41) is 0. The van der Waals surface area contributed by atoms with Crippen LogP contribution in [0.3, 0.4) is 0 Å². The average Bonchev–Trinajstić information content (AvgIpc) is 3.25. The molecule has 0 aromatic carbocycles. The van der Waals surface area contributed by atoms with Gasteiger partial charge in [0, 0.05) is 48.7 Å². The molecule has 4 aromatic heterocycles. The van der Waals surface area contributed by atoms with Crippen LogP contribution in [0.5, 0.6) is 0 Å². The number of rotatable bonds is 3. The topological polar surface area (TPSA) is 59.5 Å². The summed E-state index contributed by atoms with van der Waals surface area (Å²) in [5.41, 5.74) is 5.56. The first kappa shape index (κ1) is 14.2. The third-order valence-corrected chi connectivity index (χ3v) is 4.73. The molecule has 6 heteroatoms. The Kier molecular flexibility index (Phi) is 3.09. The van der Waals surface area contributed by atoms with Crippen molar-refractivity contribution in [3.05, 3.63) is 66.9 Å². The highest BCUT2D eigenvalue weighted by Gasteiger charge is 2.32. The predicted octanol–water partition coefficient (Wildman–Crippen LogP) is 3.30. The van der Waals surface area contributed by atoms with Crippen LogP contribution in [0.4, 0.5) is 5.95 Å². The van der Waals surface area contributed by atoms with Crippen molar-refractivity contribution in [3.8, 4) is 11.1 Å². The predicted molar refractivity (Wildman–Crippen MR) is 94.6 cm³/mol. The maximum Gasteiger partial charge on any atom is 0.225 e. The van der Waals surface area contributed by atoms with E-state index in [2.05, 4.69) is 42.6 Å². The fraction of sp³-hybridized carbons (Fsp3) is 0.211. The normalized spacial score (nSPS) is 14.8. The summed E-state index contributed by atoms with van der Waals surface area (Å²) in [5.74, 6) is 1.21. The highest BCUT2D eigenvalue weighted by Crippen LogP contribution is 2.32. The van der Waals surface area contributed by atoms with Gasteiger partial charge < -0.3 is 13.7 Å². The van der Waals surface area contributed by atoms with Crippen LogP contribution in [-0.2, 0) is 0 Å². The molecule has 0 amide bonds. The molecule has 5 rings (SSSR count). The summed E-state index contributed by atoms with van der Waals surface area (Å²) in [4.78, 5) is 15.6. The van der Waals surface area contributed by atoms with Crippen molar-refractivity contribution < 1.29 is 4.42 Å². The molecule has 0 atom stereocenters. The van der Waals surface area contributed by atoms with Crippen molar-refractivity contribution in [1.82, 2.24) is 19.4 Å². The minimum atomic E-state index is 0.412. The van der Waals surface area contributed by atoms with E-state index in [0.29, 0.717) is 5.92 Å². The maximum atomic E-state index is 5.17. The monoisotopic (exact) mass is 331 g/mol. The molecule has 1 aliphatic heterocycles. The molecule has 5 heterocycles. The Morgan fingerprint density at radius 1 is 1.04 bits per heavy atom. The molecule has 124 valence electrons. The van der Waals surface area contributed by atoms with Crippen molar-refractivity contribution in [2.75, 3.05) is 18.0 Å². The van der Waals surface area contributed by atoms with Gasteiger partial charge in [-0.15, -0.1) is 0 Å².